The first-order chi connectivity index (χ1) is 12.8. The van der Waals surface area contributed by atoms with Crippen LogP contribution in [-0.2, 0) is 13.6 Å². The quantitative estimate of drug-likeness (QED) is 0.598. The number of nitrogens with one attached hydrogen (secondary N) is 1. The van der Waals surface area contributed by atoms with Crippen molar-refractivity contribution in [1.29, 1.82) is 0 Å². The van der Waals surface area contributed by atoms with Crippen LogP contribution < -0.4 is 11.2 Å². The van der Waals surface area contributed by atoms with Crippen molar-refractivity contribution in [3.63, 3.8) is 0 Å². The molecule has 4 aromatic rings. The molecule has 0 amide bonds. The van der Waals surface area contributed by atoms with Crippen LogP contribution in [0.4, 0.5) is 0 Å². The van der Waals surface area contributed by atoms with Gasteiger partial charge in [-0.3, -0.25) is 18.9 Å². The van der Waals surface area contributed by atoms with Gasteiger partial charge in [0.1, 0.15) is 0 Å². The van der Waals surface area contributed by atoms with E-state index >= 15 is 0 Å². The number of benzene rings is 1. The zero-order valence-electron chi connectivity index (χ0n) is 15.6. The fourth-order valence-electron chi connectivity index (χ4n) is 3.36. The Morgan fingerprint density at radius 1 is 1.11 bits per heavy atom. The summed E-state index contributed by atoms with van der Waals surface area (Å²) in [5, 5.41) is 4.51. The number of aromatic nitrogens is 6. The second-order valence-corrected chi connectivity index (χ2v) is 6.82. The number of rotatable bonds is 3. The van der Waals surface area contributed by atoms with Crippen molar-refractivity contribution in [2.24, 2.45) is 7.05 Å². The molecule has 0 aliphatic heterocycles. The molecule has 138 valence electrons. The van der Waals surface area contributed by atoms with Crippen LogP contribution in [0.2, 0.25) is 0 Å². The highest BCUT2D eigenvalue weighted by Crippen LogP contribution is 2.19. The van der Waals surface area contributed by atoms with Gasteiger partial charge in [-0.15, -0.1) is 0 Å². The van der Waals surface area contributed by atoms with E-state index in [-0.39, 0.29) is 0 Å². The fraction of sp³-hybridized carbons (Fsp3) is 0.263. The van der Waals surface area contributed by atoms with Gasteiger partial charge in [-0.05, 0) is 32.4 Å². The molecule has 0 bridgehead atoms. The molecule has 0 unspecified atom stereocenters. The largest absolute Gasteiger partial charge is 0.329 e. The Morgan fingerprint density at radius 3 is 2.56 bits per heavy atom. The van der Waals surface area contributed by atoms with Crippen molar-refractivity contribution in [2.75, 3.05) is 0 Å². The second-order valence-electron chi connectivity index (χ2n) is 6.82. The van der Waals surface area contributed by atoms with Crippen molar-refractivity contribution < 1.29 is 0 Å². The lowest BCUT2D eigenvalue weighted by Crippen LogP contribution is -2.29. The van der Waals surface area contributed by atoms with Gasteiger partial charge in [0.15, 0.2) is 11.2 Å². The number of fused-ring (bicyclic) bond motifs is 1. The molecule has 0 saturated heterocycles. The SMILES string of the molecule is Cc1cccc(Cn2c(-n3nc(C)cc3C)nc3c2c(=O)[nH]c(=O)n3C)c1. The van der Waals surface area contributed by atoms with E-state index < -0.39 is 11.2 Å². The second kappa shape index (κ2) is 6.08. The van der Waals surface area contributed by atoms with Crippen molar-refractivity contribution in [1.82, 2.24) is 28.9 Å². The highest BCUT2D eigenvalue weighted by atomic mass is 16.2. The van der Waals surface area contributed by atoms with Gasteiger partial charge in [0.25, 0.3) is 5.56 Å². The van der Waals surface area contributed by atoms with E-state index in [2.05, 4.69) is 21.1 Å². The van der Waals surface area contributed by atoms with Gasteiger partial charge in [0, 0.05) is 12.7 Å². The predicted octanol–water partition coefficient (Wildman–Crippen LogP) is 1.58. The van der Waals surface area contributed by atoms with Crippen LogP contribution in [0, 0.1) is 20.8 Å². The first kappa shape index (κ1) is 17.0. The van der Waals surface area contributed by atoms with Crippen LogP contribution in [0.1, 0.15) is 22.5 Å². The molecule has 0 fully saturated rings. The third-order valence-corrected chi connectivity index (χ3v) is 4.61. The molecule has 1 aromatic carbocycles. The maximum absolute atomic E-state index is 12.6. The number of H-pyrrole nitrogens is 1. The zero-order chi connectivity index (χ0) is 19.3. The Labute approximate surface area is 154 Å². The number of nitrogens with zero attached hydrogens (tertiary/aromatic N) is 5. The average molecular weight is 364 g/mol. The van der Waals surface area contributed by atoms with Crippen LogP contribution >= 0.6 is 0 Å². The molecule has 3 heterocycles. The lowest BCUT2D eigenvalue weighted by atomic mass is 10.1. The van der Waals surface area contributed by atoms with E-state index in [9.17, 15) is 9.59 Å². The predicted molar refractivity (Wildman–Crippen MR) is 102 cm³/mol. The highest BCUT2D eigenvalue weighted by molar-refractivity contribution is 5.72. The maximum Gasteiger partial charge on any atom is 0.329 e. The van der Waals surface area contributed by atoms with Crippen LogP contribution in [0.3, 0.4) is 0 Å². The van der Waals surface area contributed by atoms with E-state index in [0.717, 1.165) is 22.5 Å². The minimum absolute atomic E-state index is 0.332. The van der Waals surface area contributed by atoms with Crippen LogP contribution in [-0.4, -0.2) is 28.9 Å². The van der Waals surface area contributed by atoms with Gasteiger partial charge in [-0.1, -0.05) is 29.8 Å². The first-order valence-corrected chi connectivity index (χ1v) is 8.64. The van der Waals surface area contributed by atoms with Crippen molar-refractivity contribution >= 4 is 11.2 Å². The lowest BCUT2D eigenvalue weighted by molar-refractivity contribution is 0.701. The van der Waals surface area contributed by atoms with Gasteiger partial charge in [-0.2, -0.15) is 10.1 Å². The van der Waals surface area contributed by atoms with Crippen molar-refractivity contribution in [3.05, 3.63) is 73.7 Å². The monoisotopic (exact) mass is 364 g/mol. The smallest absolute Gasteiger partial charge is 0.298 e. The van der Waals surface area contributed by atoms with E-state index in [1.54, 1.807) is 11.7 Å². The Hall–Kier alpha value is -3.42. The molecule has 4 rings (SSSR count). The molecule has 3 aromatic heterocycles. The van der Waals surface area contributed by atoms with Crippen LogP contribution in [0.5, 0.6) is 0 Å². The standard InChI is InChI=1S/C19H20N6O2/c1-11-6-5-7-14(8-11)10-24-15-16(23(4)19(27)21-17(15)26)20-18(24)25-13(3)9-12(2)22-25/h5-9H,10H2,1-4H3,(H,21,26,27). The molecule has 0 atom stereocenters. The molecule has 27 heavy (non-hydrogen) atoms. The molecule has 8 nitrogen and oxygen atoms in total. The topological polar surface area (TPSA) is 90.5 Å². The number of aromatic amines is 1. The molecule has 0 aliphatic carbocycles. The minimum atomic E-state index is -0.493. The molecule has 8 heteroatoms. The molecular weight excluding hydrogens is 344 g/mol. The summed E-state index contributed by atoms with van der Waals surface area (Å²) in [4.78, 5) is 31.6. The molecule has 0 radical (unpaired) electrons. The summed E-state index contributed by atoms with van der Waals surface area (Å²) in [6.07, 6.45) is 0. The summed E-state index contributed by atoms with van der Waals surface area (Å²) in [6.45, 7) is 6.29. The average Bonchev–Trinajstić information content (AvgIpc) is 3.13. The van der Waals surface area contributed by atoms with Crippen molar-refractivity contribution in [2.45, 2.75) is 27.3 Å². The van der Waals surface area contributed by atoms with Gasteiger partial charge >= 0.3 is 5.69 Å². The summed E-state index contributed by atoms with van der Waals surface area (Å²) in [5.74, 6) is 0.504. The normalized spacial score (nSPS) is 11.4. The molecule has 0 spiro atoms. The first-order valence-electron chi connectivity index (χ1n) is 8.64. The Bertz CT molecular complexity index is 1290. The van der Waals surface area contributed by atoms with Crippen molar-refractivity contribution in [3.8, 4) is 5.95 Å². The number of imidazole rings is 1. The number of hydrogen-bond acceptors (Lipinski definition) is 4. The Balaban J connectivity index is 2.06. The third-order valence-electron chi connectivity index (χ3n) is 4.61. The molecule has 0 saturated carbocycles. The Kier molecular flexibility index (Phi) is 3.83. The van der Waals surface area contributed by atoms with Crippen LogP contribution in [0.25, 0.3) is 17.1 Å². The van der Waals surface area contributed by atoms with E-state index in [4.69, 9.17) is 0 Å². The fourth-order valence-corrected chi connectivity index (χ4v) is 3.36. The van der Waals surface area contributed by atoms with E-state index in [0.29, 0.717) is 23.7 Å². The highest BCUT2D eigenvalue weighted by Gasteiger charge is 2.20. The maximum atomic E-state index is 12.6. The Morgan fingerprint density at radius 2 is 1.89 bits per heavy atom. The molecule has 0 aliphatic rings. The zero-order valence-corrected chi connectivity index (χ0v) is 15.6. The summed E-state index contributed by atoms with van der Waals surface area (Å²) in [5.41, 5.74) is 3.64. The number of hydrogen-bond donors (Lipinski definition) is 1. The van der Waals surface area contributed by atoms with Gasteiger partial charge < -0.3 is 0 Å². The number of aryl methyl sites for hydroxylation is 4. The third kappa shape index (κ3) is 2.79. The lowest BCUT2D eigenvalue weighted by Gasteiger charge is -2.10. The molecular formula is C19H20N6O2. The van der Waals surface area contributed by atoms with E-state index in [1.807, 2.05) is 49.6 Å². The summed E-state index contributed by atoms with van der Waals surface area (Å²) in [6, 6.07) is 10.0. The molecule has 1 N–H and O–H groups in total. The van der Waals surface area contributed by atoms with Gasteiger partial charge in [0.05, 0.1) is 12.2 Å². The summed E-state index contributed by atoms with van der Waals surface area (Å²) < 4.78 is 4.86. The summed E-state index contributed by atoms with van der Waals surface area (Å²) in [7, 11) is 1.59. The van der Waals surface area contributed by atoms with Crippen LogP contribution in [0.15, 0.2) is 39.9 Å². The van der Waals surface area contributed by atoms with E-state index in [1.165, 1.54) is 4.57 Å². The van der Waals surface area contributed by atoms with Gasteiger partial charge in [-0.25, -0.2) is 9.48 Å². The minimum Gasteiger partial charge on any atom is -0.298 e. The van der Waals surface area contributed by atoms with Gasteiger partial charge in [0.2, 0.25) is 5.95 Å². The summed E-state index contributed by atoms with van der Waals surface area (Å²) >= 11 is 0.